The van der Waals surface area contributed by atoms with Crippen LogP contribution in [0.5, 0.6) is 0 Å². The molecule has 1 N–H and O–H groups in total. The predicted octanol–water partition coefficient (Wildman–Crippen LogP) is 1.80. The summed E-state index contributed by atoms with van der Waals surface area (Å²) in [4.78, 5) is 10.2. The molecule has 0 radical (unpaired) electrons. The minimum Gasteiger partial charge on any atom is -0.478 e. The molecule has 0 atom stereocenters. The third-order valence-corrected chi connectivity index (χ3v) is 1.57. The summed E-state index contributed by atoms with van der Waals surface area (Å²) in [5, 5.41) is 16.9. The smallest absolute Gasteiger partial charge is 0.328 e. The number of nitriles is 1. The lowest BCUT2D eigenvalue weighted by atomic mass is 10.1. The predicted molar refractivity (Wildman–Crippen MR) is 47.8 cm³/mol. The lowest BCUT2D eigenvalue weighted by Crippen LogP contribution is -1.90. The van der Waals surface area contributed by atoms with E-state index in [9.17, 15) is 9.18 Å². The second-order valence-corrected chi connectivity index (χ2v) is 2.48. The van der Waals surface area contributed by atoms with Crippen LogP contribution in [0.25, 0.3) is 6.08 Å². The van der Waals surface area contributed by atoms with Gasteiger partial charge in [0.2, 0.25) is 0 Å². The van der Waals surface area contributed by atoms with Crippen LogP contribution in [-0.2, 0) is 4.79 Å². The largest absolute Gasteiger partial charge is 0.478 e. The number of carboxylic acid groups (broad SMARTS) is 1. The highest BCUT2D eigenvalue weighted by molar-refractivity contribution is 5.85. The van der Waals surface area contributed by atoms with Crippen LogP contribution in [0.3, 0.4) is 0 Å². The molecule has 0 saturated heterocycles. The molecule has 0 unspecified atom stereocenters. The topological polar surface area (TPSA) is 61.1 Å². The summed E-state index contributed by atoms with van der Waals surface area (Å²) in [5.41, 5.74) is 0.111. The lowest BCUT2D eigenvalue weighted by Gasteiger charge is -1.97. The van der Waals surface area contributed by atoms with Crippen molar-refractivity contribution in [3.8, 4) is 6.07 Å². The van der Waals surface area contributed by atoms with Crippen LogP contribution in [0.4, 0.5) is 4.39 Å². The third-order valence-electron chi connectivity index (χ3n) is 1.57. The Hall–Kier alpha value is -2.15. The number of hydrogen-bond donors (Lipinski definition) is 1. The molecule has 0 bridgehead atoms. The molecule has 0 amide bonds. The molecule has 70 valence electrons. The van der Waals surface area contributed by atoms with Crippen molar-refractivity contribution in [1.82, 2.24) is 0 Å². The van der Waals surface area contributed by atoms with Gasteiger partial charge in [-0.05, 0) is 18.2 Å². The average molecular weight is 191 g/mol. The molecule has 0 saturated carbocycles. The van der Waals surface area contributed by atoms with Crippen molar-refractivity contribution in [3.63, 3.8) is 0 Å². The number of rotatable bonds is 2. The van der Waals surface area contributed by atoms with Crippen molar-refractivity contribution in [3.05, 3.63) is 41.2 Å². The van der Waals surface area contributed by atoms with Gasteiger partial charge >= 0.3 is 5.97 Å². The monoisotopic (exact) mass is 191 g/mol. The van der Waals surface area contributed by atoms with Crippen LogP contribution in [0, 0.1) is 17.1 Å². The van der Waals surface area contributed by atoms with Gasteiger partial charge in [0.25, 0.3) is 0 Å². The van der Waals surface area contributed by atoms with E-state index in [4.69, 9.17) is 10.4 Å². The standard InChI is InChI=1S/C10H6FNO2/c11-9-3-1-2-7(6-12)8(9)4-5-10(13)14/h1-5H,(H,13,14)/b5-4+. The summed E-state index contributed by atoms with van der Waals surface area (Å²) in [7, 11) is 0. The van der Waals surface area contributed by atoms with Gasteiger partial charge in [-0.2, -0.15) is 5.26 Å². The molecule has 3 nitrogen and oxygen atoms in total. The van der Waals surface area contributed by atoms with E-state index in [1.165, 1.54) is 18.2 Å². The maximum Gasteiger partial charge on any atom is 0.328 e. The number of carbonyl (C=O) groups is 1. The Morgan fingerprint density at radius 2 is 2.29 bits per heavy atom. The van der Waals surface area contributed by atoms with E-state index >= 15 is 0 Å². The van der Waals surface area contributed by atoms with E-state index in [1.54, 1.807) is 6.07 Å². The van der Waals surface area contributed by atoms with E-state index in [-0.39, 0.29) is 11.1 Å². The van der Waals surface area contributed by atoms with Crippen molar-refractivity contribution >= 4 is 12.0 Å². The van der Waals surface area contributed by atoms with Crippen molar-refractivity contribution in [2.45, 2.75) is 0 Å². The van der Waals surface area contributed by atoms with Gasteiger partial charge in [0, 0.05) is 11.6 Å². The average Bonchev–Trinajstić information content (AvgIpc) is 2.15. The van der Waals surface area contributed by atoms with E-state index in [0.717, 1.165) is 12.2 Å². The van der Waals surface area contributed by atoms with Crippen LogP contribution in [-0.4, -0.2) is 11.1 Å². The highest BCUT2D eigenvalue weighted by Crippen LogP contribution is 2.14. The molecular weight excluding hydrogens is 185 g/mol. The fourth-order valence-corrected chi connectivity index (χ4v) is 0.959. The highest BCUT2D eigenvalue weighted by Gasteiger charge is 2.04. The number of halogens is 1. The zero-order valence-corrected chi connectivity index (χ0v) is 7.07. The number of hydrogen-bond acceptors (Lipinski definition) is 2. The first kappa shape index (κ1) is 9.93. The molecular formula is C10H6FNO2. The summed E-state index contributed by atoms with van der Waals surface area (Å²) in [6, 6.07) is 5.76. The number of aliphatic carboxylic acids is 1. The third kappa shape index (κ3) is 2.17. The quantitative estimate of drug-likeness (QED) is 0.725. The van der Waals surface area contributed by atoms with Crippen molar-refractivity contribution in [2.24, 2.45) is 0 Å². The van der Waals surface area contributed by atoms with E-state index in [2.05, 4.69) is 0 Å². The molecule has 1 aromatic rings. The van der Waals surface area contributed by atoms with Crippen molar-refractivity contribution in [2.75, 3.05) is 0 Å². The lowest BCUT2D eigenvalue weighted by molar-refractivity contribution is -0.131. The second kappa shape index (κ2) is 4.19. The molecule has 1 rings (SSSR count). The summed E-state index contributed by atoms with van der Waals surface area (Å²) >= 11 is 0. The molecule has 0 aliphatic carbocycles. The van der Waals surface area contributed by atoms with Crippen LogP contribution in [0.2, 0.25) is 0 Å². The number of nitrogens with zero attached hydrogens (tertiary/aromatic N) is 1. The zero-order chi connectivity index (χ0) is 10.6. The van der Waals surface area contributed by atoms with Gasteiger partial charge in [-0.25, -0.2) is 9.18 Å². The maximum absolute atomic E-state index is 13.1. The van der Waals surface area contributed by atoms with Gasteiger partial charge in [0.1, 0.15) is 5.82 Å². The molecule has 14 heavy (non-hydrogen) atoms. The summed E-state index contributed by atoms with van der Waals surface area (Å²) in [5.74, 6) is -1.79. The second-order valence-electron chi connectivity index (χ2n) is 2.48. The van der Waals surface area contributed by atoms with Gasteiger partial charge in [-0.15, -0.1) is 0 Å². The molecule has 0 fully saturated rings. The molecule has 0 aliphatic heterocycles. The van der Waals surface area contributed by atoms with Gasteiger partial charge in [-0.1, -0.05) is 6.07 Å². The highest BCUT2D eigenvalue weighted by atomic mass is 19.1. The SMILES string of the molecule is N#Cc1cccc(F)c1/C=C/C(=O)O. The fraction of sp³-hybridized carbons (Fsp3) is 0. The number of benzene rings is 1. The normalized spacial score (nSPS) is 10.0. The molecule has 4 heteroatoms. The Labute approximate surface area is 79.7 Å². The van der Waals surface area contributed by atoms with Gasteiger partial charge in [0.05, 0.1) is 11.6 Å². The fourth-order valence-electron chi connectivity index (χ4n) is 0.959. The van der Waals surface area contributed by atoms with Crippen molar-refractivity contribution < 1.29 is 14.3 Å². The first-order valence-electron chi connectivity index (χ1n) is 3.75. The summed E-state index contributed by atoms with van der Waals surface area (Å²) in [6.07, 6.45) is 1.86. The molecule has 0 aromatic heterocycles. The van der Waals surface area contributed by atoms with Crippen LogP contribution >= 0.6 is 0 Å². The maximum atomic E-state index is 13.1. The Kier molecular flexibility index (Phi) is 2.97. The van der Waals surface area contributed by atoms with E-state index in [1.807, 2.05) is 0 Å². The first-order chi connectivity index (χ1) is 6.65. The molecule has 0 spiro atoms. The van der Waals surface area contributed by atoms with E-state index < -0.39 is 11.8 Å². The minimum absolute atomic E-state index is 0.00241. The summed E-state index contributed by atoms with van der Waals surface area (Å²) in [6.45, 7) is 0. The Bertz CT molecular complexity index is 432. The van der Waals surface area contributed by atoms with Gasteiger partial charge < -0.3 is 5.11 Å². The van der Waals surface area contributed by atoms with Gasteiger partial charge in [-0.3, -0.25) is 0 Å². The van der Waals surface area contributed by atoms with E-state index in [0.29, 0.717) is 0 Å². The minimum atomic E-state index is -1.18. The van der Waals surface area contributed by atoms with Crippen LogP contribution in [0.1, 0.15) is 11.1 Å². The van der Waals surface area contributed by atoms with Crippen LogP contribution < -0.4 is 0 Å². The zero-order valence-electron chi connectivity index (χ0n) is 7.07. The number of carboxylic acids is 1. The van der Waals surface area contributed by atoms with Crippen LogP contribution in [0.15, 0.2) is 24.3 Å². The Morgan fingerprint density at radius 3 is 2.86 bits per heavy atom. The molecule has 0 heterocycles. The Balaban J connectivity index is 3.19. The Morgan fingerprint density at radius 1 is 1.57 bits per heavy atom. The summed E-state index contributed by atoms with van der Waals surface area (Å²) < 4.78 is 13.1. The van der Waals surface area contributed by atoms with Crippen molar-refractivity contribution in [1.29, 1.82) is 5.26 Å². The first-order valence-corrected chi connectivity index (χ1v) is 3.75. The molecule has 0 aliphatic rings. The van der Waals surface area contributed by atoms with Gasteiger partial charge in [0.15, 0.2) is 0 Å². The molecule has 1 aromatic carbocycles.